The van der Waals surface area contributed by atoms with Gasteiger partial charge in [0, 0.05) is 39.8 Å². The molecule has 0 aromatic carbocycles. The first-order valence-electron chi connectivity index (χ1n) is 5.19. The minimum absolute atomic E-state index is 0. The Morgan fingerprint density at radius 1 is 1.33 bits per heavy atom. The van der Waals surface area contributed by atoms with Gasteiger partial charge in [-0.1, -0.05) is 0 Å². The number of nitrogens with two attached hydrogens (primary N) is 2. The number of carbonyl (C=O) groups excluding carboxylic acids is 1. The predicted octanol–water partition coefficient (Wildman–Crippen LogP) is -2.27. The van der Waals surface area contributed by atoms with Crippen LogP contribution in [0.3, 0.4) is 0 Å². The molecule has 0 saturated carbocycles. The summed E-state index contributed by atoms with van der Waals surface area (Å²) < 4.78 is 28.2. The Morgan fingerprint density at radius 2 is 1.83 bits per heavy atom. The molecular formula is C8H19ClN4O4S. The lowest BCUT2D eigenvalue weighted by Crippen LogP contribution is -2.55. The maximum absolute atomic E-state index is 11.8. The van der Waals surface area contributed by atoms with Crippen molar-refractivity contribution in [3.8, 4) is 0 Å². The fraction of sp³-hybridized carbons (Fsp3) is 0.875. The van der Waals surface area contributed by atoms with Gasteiger partial charge in [-0.05, 0) is 0 Å². The summed E-state index contributed by atoms with van der Waals surface area (Å²) in [7, 11) is -2.25. The molecule has 18 heavy (non-hydrogen) atoms. The molecule has 0 radical (unpaired) electrons. The highest BCUT2D eigenvalue weighted by Gasteiger charge is 2.29. The molecule has 1 heterocycles. The van der Waals surface area contributed by atoms with E-state index in [0.29, 0.717) is 13.1 Å². The summed E-state index contributed by atoms with van der Waals surface area (Å²) >= 11 is 0. The first-order chi connectivity index (χ1) is 7.90. The molecule has 1 aliphatic rings. The van der Waals surface area contributed by atoms with Crippen LogP contribution in [-0.4, -0.2) is 69.5 Å². The molecule has 1 unspecified atom stereocenters. The third-order valence-corrected chi connectivity index (χ3v) is 3.77. The molecule has 108 valence electrons. The van der Waals surface area contributed by atoms with Crippen LogP contribution >= 0.6 is 12.4 Å². The van der Waals surface area contributed by atoms with Crippen molar-refractivity contribution in [2.75, 3.05) is 39.8 Å². The van der Waals surface area contributed by atoms with Crippen LogP contribution < -0.4 is 10.9 Å². The summed E-state index contributed by atoms with van der Waals surface area (Å²) in [5, 5.41) is 4.99. The number of hydrogen-bond donors (Lipinski definition) is 2. The SMILES string of the molecule is COC(CN)C(=O)N1CCN(S(N)(=O)=O)CC1.Cl. The number of carbonyl (C=O) groups is 1. The third kappa shape index (κ3) is 4.34. The zero-order chi connectivity index (χ0) is 13.1. The van der Waals surface area contributed by atoms with E-state index in [-0.39, 0.29) is 37.9 Å². The van der Waals surface area contributed by atoms with E-state index in [4.69, 9.17) is 15.6 Å². The summed E-state index contributed by atoms with van der Waals surface area (Å²) in [5.41, 5.74) is 5.39. The number of amides is 1. The zero-order valence-electron chi connectivity index (χ0n) is 10.1. The Balaban J connectivity index is 0.00000289. The standard InChI is InChI=1S/C8H18N4O4S.ClH/c1-16-7(6-9)8(13)11-2-4-12(5-3-11)17(10,14)15;/h7H,2-6,9H2,1H3,(H2,10,14,15);1H. The molecule has 10 heteroatoms. The van der Waals surface area contributed by atoms with Crippen LogP contribution in [0.2, 0.25) is 0 Å². The van der Waals surface area contributed by atoms with Crippen molar-refractivity contribution >= 4 is 28.5 Å². The van der Waals surface area contributed by atoms with Gasteiger partial charge in [-0.3, -0.25) is 4.79 Å². The summed E-state index contributed by atoms with van der Waals surface area (Å²) in [6.07, 6.45) is -0.670. The number of rotatable bonds is 4. The van der Waals surface area contributed by atoms with Crippen LogP contribution in [0.15, 0.2) is 0 Å². The van der Waals surface area contributed by atoms with Gasteiger partial charge < -0.3 is 15.4 Å². The molecule has 1 rings (SSSR count). The zero-order valence-corrected chi connectivity index (χ0v) is 11.7. The Bertz CT molecular complexity index is 365. The molecule has 1 fully saturated rings. The summed E-state index contributed by atoms with van der Waals surface area (Å²) in [6, 6.07) is 0. The molecule has 4 N–H and O–H groups in total. The monoisotopic (exact) mass is 302 g/mol. The quantitative estimate of drug-likeness (QED) is 0.607. The Labute approximate surface area is 113 Å². The van der Waals surface area contributed by atoms with Crippen molar-refractivity contribution in [3.05, 3.63) is 0 Å². The number of piperazine rings is 1. The van der Waals surface area contributed by atoms with Crippen LogP contribution in [0.25, 0.3) is 0 Å². The number of hydrogen-bond acceptors (Lipinski definition) is 5. The lowest BCUT2D eigenvalue weighted by Gasteiger charge is -2.34. The molecule has 1 atom stereocenters. The molecule has 1 aliphatic heterocycles. The number of halogens is 1. The predicted molar refractivity (Wildman–Crippen MR) is 68.4 cm³/mol. The normalized spacial score (nSPS) is 19.2. The maximum atomic E-state index is 11.8. The lowest BCUT2D eigenvalue weighted by molar-refractivity contribution is -0.142. The highest BCUT2D eigenvalue weighted by Crippen LogP contribution is 2.07. The number of ether oxygens (including phenoxy) is 1. The van der Waals surface area contributed by atoms with Gasteiger partial charge in [-0.15, -0.1) is 12.4 Å². The van der Waals surface area contributed by atoms with Crippen LogP contribution in [-0.2, 0) is 19.7 Å². The van der Waals surface area contributed by atoms with Gasteiger partial charge in [0.2, 0.25) is 0 Å². The highest BCUT2D eigenvalue weighted by molar-refractivity contribution is 7.86. The molecule has 0 aromatic rings. The van der Waals surface area contributed by atoms with Crippen molar-refractivity contribution in [3.63, 3.8) is 0 Å². The second-order valence-electron chi connectivity index (χ2n) is 3.73. The van der Waals surface area contributed by atoms with E-state index in [1.165, 1.54) is 12.0 Å². The minimum Gasteiger partial charge on any atom is -0.370 e. The van der Waals surface area contributed by atoms with Crippen LogP contribution in [0.5, 0.6) is 0 Å². The van der Waals surface area contributed by atoms with Crippen LogP contribution in [0.1, 0.15) is 0 Å². The summed E-state index contributed by atoms with van der Waals surface area (Å²) in [4.78, 5) is 13.4. The maximum Gasteiger partial charge on any atom is 0.277 e. The fourth-order valence-corrected chi connectivity index (χ4v) is 2.34. The first kappa shape index (κ1) is 17.6. The van der Waals surface area contributed by atoms with E-state index < -0.39 is 16.3 Å². The van der Waals surface area contributed by atoms with E-state index in [9.17, 15) is 13.2 Å². The van der Waals surface area contributed by atoms with Gasteiger partial charge in [-0.2, -0.15) is 12.7 Å². The van der Waals surface area contributed by atoms with E-state index in [0.717, 1.165) is 4.31 Å². The Kier molecular flexibility index (Phi) is 7.04. The Hall–Kier alpha value is -0.450. The largest absolute Gasteiger partial charge is 0.370 e. The molecular weight excluding hydrogens is 284 g/mol. The van der Waals surface area contributed by atoms with E-state index in [1.807, 2.05) is 0 Å². The van der Waals surface area contributed by atoms with E-state index in [2.05, 4.69) is 0 Å². The van der Waals surface area contributed by atoms with Crippen molar-refractivity contribution in [2.24, 2.45) is 10.9 Å². The van der Waals surface area contributed by atoms with Crippen molar-refractivity contribution < 1.29 is 17.9 Å². The molecule has 1 saturated heterocycles. The van der Waals surface area contributed by atoms with Crippen molar-refractivity contribution in [2.45, 2.75) is 6.10 Å². The van der Waals surface area contributed by atoms with Crippen LogP contribution in [0.4, 0.5) is 0 Å². The van der Waals surface area contributed by atoms with Gasteiger partial charge in [0.25, 0.3) is 16.1 Å². The van der Waals surface area contributed by atoms with Gasteiger partial charge in [0.1, 0.15) is 6.10 Å². The molecule has 0 aromatic heterocycles. The molecule has 8 nitrogen and oxygen atoms in total. The Morgan fingerprint density at radius 3 is 2.17 bits per heavy atom. The van der Waals surface area contributed by atoms with Gasteiger partial charge in [0.15, 0.2) is 0 Å². The van der Waals surface area contributed by atoms with E-state index >= 15 is 0 Å². The van der Waals surface area contributed by atoms with Crippen molar-refractivity contribution in [1.29, 1.82) is 0 Å². The summed E-state index contributed by atoms with van der Waals surface area (Å²) in [5.74, 6) is -0.218. The highest BCUT2D eigenvalue weighted by atomic mass is 35.5. The molecule has 0 bridgehead atoms. The second-order valence-corrected chi connectivity index (χ2v) is 5.28. The lowest BCUT2D eigenvalue weighted by atomic mass is 10.2. The molecule has 0 aliphatic carbocycles. The van der Waals surface area contributed by atoms with E-state index in [1.54, 1.807) is 0 Å². The number of methoxy groups -OCH3 is 1. The van der Waals surface area contributed by atoms with Crippen molar-refractivity contribution in [1.82, 2.24) is 9.21 Å². The van der Waals surface area contributed by atoms with Crippen LogP contribution in [0, 0.1) is 0 Å². The summed E-state index contributed by atoms with van der Waals surface area (Å²) in [6.45, 7) is 1.10. The molecule has 1 amide bonds. The number of nitrogens with zero attached hydrogens (tertiary/aromatic N) is 2. The first-order valence-corrected chi connectivity index (χ1v) is 6.70. The third-order valence-electron chi connectivity index (χ3n) is 2.68. The molecule has 0 spiro atoms. The smallest absolute Gasteiger partial charge is 0.277 e. The van der Waals surface area contributed by atoms with Gasteiger partial charge in [0.05, 0.1) is 0 Å². The topological polar surface area (TPSA) is 119 Å². The average Bonchev–Trinajstić information content (AvgIpc) is 2.29. The fourth-order valence-electron chi connectivity index (χ4n) is 1.66. The minimum atomic E-state index is -3.67. The second kappa shape index (κ2) is 7.22. The van der Waals surface area contributed by atoms with Gasteiger partial charge >= 0.3 is 0 Å². The average molecular weight is 303 g/mol. The van der Waals surface area contributed by atoms with Gasteiger partial charge in [-0.25, -0.2) is 5.14 Å².